The van der Waals surface area contributed by atoms with Gasteiger partial charge in [0.1, 0.15) is 11.6 Å². The molecule has 0 saturated heterocycles. The second-order valence-corrected chi connectivity index (χ2v) is 7.02. The first-order valence-corrected chi connectivity index (χ1v) is 9.16. The van der Waals surface area contributed by atoms with Crippen molar-refractivity contribution in [2.24, 2.45) is 4.99 Å². The molecule has 0 bridgehead atoms. The third kappa shape index (κ3) is 4.06. The Morgan fingerprint density at radius 2 is 1.88 bits per heavy atom. The molecule has 0 unspecified atom stereocenters. The molecule has 1 heterocycles. The first-order valence-electron chi connectivity index (χ1n) is 9.16. The summed E-state index contributed by atoms with van der Waals surface area (Å²) in [4.78, 5) is 8.67. The average Bonchev–Trinajstić information content (AvgIpc) is 3.23. The first kappa shape index (κ1) is 18.4. The number of rotatable bonds is 5. The number of nitrogens with zero attached hydrogens (tertiary/aromatic N) is 2. The van der Waals surface area contributed by atoms with Gasteiger partial charge in [0.05, 0.1) is 12.2 Å². The van der Waals surface area contributed by atoms with Crippen molar-refractivity contribution in [1.82, 2.24) is 15.6 Å². The van der Waals surface area contributed by atoms with Crippen LogP contribution in [0.1, 0.15) is 48.6 Å². The minimum atomic E-state index is -0.191. The van der Waals surface area contributed by atoms with Crippen molar-refractivity contribution in [1.29, 1.82) is 0 Å². The van der Waals surface area contributed by atoms with Crippen LogP contribution < -0.4 is 10.6 Å². The third-order valence-corrected chi connectivity index (χ3v) is 5.31. The van der Waals surface area contributed by atoms with Gasteiger partial charge in [-0.3, -0.25) is 4.99 Å². The van der Waals surface area contributed by atoms with Gasteiger partial charge >= 0.3 is 0 Å². The number of nitrogens with one attached hydrogen (secondary N) is 2. The summed E-state index contributed by atoms with van der Waals surface area (Å²) < 4.78 is 18.9. The van der Waals surface area contributed by atoms with Crippen LogP contribution in [0, 0.1) is 19.7 Å². The van der Waals surface area contributed by atoms with Gasteiger partial charge in [-0.05, 0) is 44.4 Å². The van der Waals surface area contributed by atoms with Gasteiger partial charge < -0.3 is 15.1 Å². The van der Waals surface area contributed by atoms with Gasteiger partial charge in [-0.2, -0.15) is 0 Å². The lowest BCUT2D eigenvalue weighted by Crippen LogP contribution is -2.44. The van der Waals surface area contributed by atoms with Crippen molar-refractivity contribution in [3.05, 3.63) is 53.0 Å². The predicted octanol–water partition coefficient (Wildman–Crippen LogP) is 3.61. The molecule has 2 aromatic rings. The van der Waals surface area contributed by atoms with Crippen LogP contribution in [0.3, 0.4) is 0 Å². The zero-order chi connectivity index (χ0) is 18.6. The van der Waals surface area contributed by atoms with E-state index in [2.05, 4.69) is 20.6 Å². The molecule has 5 nitrogen and oxygen atoms in total. The maximum atomic E-state index is 13.3. The van der Waals surface area contributed by atoms with Gasteiger partial charge in [-0.25, -0.2) is 9.37 Å². The molecule has 2 N–H and O–H groups in total. The average molecular weight is 358 g/mol. The molecule has 0 spiro atoms. The summed E-state index contributed by atoms with van der Waals surface area (Å²) in [6, 6.07) is 6.93. The van der Waals surface area contributed by atoms with E-state index in [-0.39, 0.29) is 11.2 Å². The topological polar surface area (TPSA) is 62.5 Å². The molecule has 0 amide bonds. The van der Waals surface area contributed by atoms with Crippen molar-refractivity contribution in [2.45, 2.75) is 51.5 Å². The quantitative estimate of drug-likeness (QED) is 0.633. The minimum Gasteiger partial charge on any atom is -0.444 e. The maximum absolute atomic E-state index is 13.3. The lowest BCUT2D eigenvalue weighted by atomic mass is 9.79. The largest absolute Gasteiger partial charge is 0.444 e. The van der Waals surface area contributed by atoms with E-state index in [1.165, 1.54) is 18.4 Å². The zero-order valence-corrected chi connectivity index (χ0v) is 15.7. The molecule has 0 aliphatic heterocycles. The van der Waals surface area contributed by atoms with E-state index in [0.717, 1.165) is 30.8 Å². The monoisotopic (exact) mass is 358 g/mol. The lowest BCUT2D eigenvalue weighted by molar-refractivity contribution is 0.428. The van der Waals surface area contributed by atoms with Gasteiger partial charge in [0.2, 0.25) is 5.89 Å². The van der Waals surface area contributed by atoms with Crippen LogP contribution in [0.15, 0.2) is 33.7 Å². The summed E-state index contributed by atoms with van der Waals surface area (Å²) in [5.74, 6) is 2.01. The van der Waals surface area contributed by atoms with Crippen LogP contribution in [0.25, 0.3) is 0 Å². The fourth-order valence-electron chi connectivity index (χ4n) is 3.67. The molecule has 1 aromatic carbocycles. The van der Waals surface area contributed by atoms with Crippen molar-refractivity contribution in [2.75, 3.05) is 13.6 Å². The second-order valence-electron chi connectivity index (χ2n) is 7.02. The Kier molecular flexibility index (Phi) is 5.59. The van der Waals surface area contributed by atoms with Crippen LogP contribution in [0.5, 0.6) is 0 Å². The molecule has 26 heavy (non-hydrogen) atoms. The summed E-state index contributed by atoms with van der Waals surface area (Å²) in [7, 11) is 1.75. The SMILES string of the molecule is CN=C(NCc1nc(C)c(C)o1)NCC1(c2ccc(F)cc2)CCCC1. The van der Waals surface area contributed by atoms with E-state index < -0.39 is 0 Å². The van der Waals surface area contributed by atoms with Crippen molar-refractivity contribution < 1.29 is 8.81 Å². The Morgan fingerprint density at radius 3 is 2.46 bits per heavy atom. The van der Waals surface area contributed by atoms with Crippen LogP contribution in [-0.4, -0.2) is 24.5 Å². The normalized spacial score (nSPS) is 16.7. The lowest BCUT2D eigenvalue weighted by Gasteiger charge is -2.30. The molecule has 140 valence electrons. The number of oxazole rings is 1. The summed E-state index contributed by atoms with van der Waals surface area (Å²) in [6.45, 7) is 5.09. The Balaban J connectivity index is 1.63. The predicted molar refractivity (Wildman–Crippen MR) is 101 cm³/mol. The molecule has 6 heteroatoms. The van der Waals surface area contributed by atoms with Crippen LogP contribution >= 0.6 is 0 Å². The smallest absolute Gasteiger partial charge is 0.214 e. The van der Waals surface area contributed by atoms with Crippen LogP contribution in [-0.2, 0) is 12.0 Å². The van der Waals surface area contributed by atoms with E-state index in [1.54, 1.807) is 19.2 Å². The highest BCUT2D eigenvalue weighted by Gasteiger charge is 2.35. The number of aromatic nitrogens is 1. The van der Waals surface area contributed by atoms with Gasteiger partial charge in [0.25, 0.3) is 0 Å². The van der Waals surface area contributed by atoms with Gasteiger partial charge in [-0.1, -0.05) is 25.0 Å². The number of halogens is 1. The van der Waals surface area contributed by atoms with Crippen LogP contribution in [0.2, 0.25) is 0 Å². The number of aryl methyl sites for hydroxylation is 2. The van der Waals surface area contributed by atoms with E-state index >= 15 is 0 Å². The summed E-state index contributed by atoms with van der Waals surface area (Å²) in [5.41, 5.74) is 2.13. The number of hydrogen-bond acceptors (Lipinski definition) is 3. The summed E-state index contributed by atoms with van der Waals surface area (Å²) >= 11 is 0. The van der Waals surface area contributed by atoms with Gasteiger partial charge in [0, 0.05) is 19.0 Å². The van der Waals surface area contributed by atoms with E-state index in [9.17, 15) is 4.39 Å². The molecule has 3 rings (SSSR count). The second kappa shape index (κ2) is 7.89. The van der Waals surface area contributed by atoms with E-state index in [4.69, 9.17) is 4.42 Å². The Bertz CT molecular complexity index is 741. The Morgan fingerprint density at radius 1 is 1.19 bits per heavy atom. The van der Waals surface area contributed by atoms with Gasteiger partial charge in [0.15, 0.2) is 5.96 Å². The van der Waals surface area contributed by atoms with Gasteiger partial charge in [-0.15, -0.1) is 0 Å². The molecule has 1 aliphatic carbocycles. The molecule has 0 atom stereocenters. The molecular weight excluding hydrogens is 331 g/mol. The van der Waals surface area contributed by atoms with Crippen LogP contribution in [0.4, 0.5) is 4.39 Å². The van der Waals surface area contributed by atoms with Crippen molar-refractivity contribution in [3.63, 3.8) is 0 Å². The fourth-order valence-corrected chi connectivity index (χ4v) is 3.67. The highest BCUT2D eigenvalue weighted by molar-refractivity contribution is 5.79. The first-order chi connectivity index (χ1) is 12.5. The Hall–Kier alpha value is -2.37. The number of guanidine groups is 1. The summed E-state index contributed by atoms with van der Waals surface area (Å²) in [6.07, 6.45) is 4.58. The highest BCUT2D eigenvalue weighted by Crippen LogP contribution is 2.40. The zero-order valence-electron chi connectivity index (χ0n) is 15.7. The molecule has 1 saturated carbocycles. The number of benzene rings is 1. The van der Waals surface area contributed by atoms with Crippen molar-refractivity contribution >= 4 is 5.96 Å². The molecular formula is C20H27FN4O. The molecule has 1 aliphatic rings. The molecule has 1 fully saturated rings. The number of aliphatic imine (C=N–C) groups is 1. The third-order valence-electron chi connectivity index (χ3n) is 5.31. The van der Waals surface area contributed by atoms with Crippen molar-refractivity contribution in [3.8, 4) is 0 Å². The Labute approximate surface area is 154 Å². The maximum Gasteiger partial charge on any atom is 0.214 e. The highest BCUT2D eigenvalue weighted by atomic mass is 19.1. The van der Waals surface area contributed by atoms with E-state index in [1.807, 2.05) is 26.0 Å². The minimum absolute atomic E-state index is 0.0292. The number of hydrogen-bond donors (Lipinski definition) is 2. The van der Waals surface area contributed by atoms with E-state index in [0.29, 0.717) is 18.4 Å². The summed E-state index contributed by atoms with van der Waals surface area (Å²) in [5, 5.41) is 6.68. The molecule has 0 radical (unpaired) electrons. The standard InChI is InChI=1S/C20H27FN4O/c1-14-15(2)26-18(25-14)12-23-19(22-3)24-13-20(10-4-5-11-20)16-6-8-17(21)9-7-16/h6-9H,4-5,10-13H2,1-3H3,(H2,22,23,24). The fraction of sp³-hybridized carbons (Fsp3) is 0.500. The molecule has 1 aromatic heterocycles.